The van der Waals surface area contributed by atoms with Gasteiger partial charge < -0.3 is 15.3 Å². The molecule has 5 nitrogen and oxygen atoms in total. The van der Waals surface area contributed by atoms with Gasteiger partial charge in [0.1, 0.15) is 11.2 Å². The number of aliphatic hydroxyl groups is 1. The molecule has 0 saturated heterocycles. The molecule has 0 bridgehead atoms. The number of carboxylic acid groups (broad SMARTS) is 2. The monoisotopic (exact) mass is 198 g/mol. The van der Waals surface area contributed by atoms with Crippen molar-refractivity contribution >= 4 is 11.9 Å². The van der Waals surface area contributed by atoms with E-state index in [1.165, 1.54) is 13.0 Å². The first-order chi connectivity index (χ1) is 6.38. The highest BCUT2D eigenvalue weighted by molar-refractivity contribution is 5.90. The van der Waals surface area contributed by atoms with E-state index in [0.29, 0.717) is 0 Å². The molecule has 14 heavy (non-hydrogen) atoms. The van der Waals surface area contributed by atoms with Gasteiger partial charge in [0.15, 0.2) is 0 Å². The van der Waals surface area contributed by atoms with Gasteiger partial charge in [-0.1, -0.05) is 0 Å². The number of aliphatic hydroxyl groups excluding tert-OH is 1. The second-order valence-corrected chi connectivity index (χ2v) is 3.36. The van der Waals surface area contributed by atoms with Gasteiger partial charge in [-0.15, -0.1) is 0 Å². The maximum absolute atomic E-state index is 10.8. The van der Waals surface area contributed by atoms with Crippen molar-refractivity contribution in [3.63, 3.8) is 0 Å². The lowest BCUT2D eigenvalue weighted by atomic mass is 9.78. The lowest BCUT2D eigenvalue weighted by molar-refractivity contribution is -0.147. The molecular weight excluding hydrogens is 188 g/mol. The molecule has 0 amide bonds. The molecule has 5 heteroatoms. The van der Waals surface area contributed by atoms with Crippen LogP contribution in [-0.4, -0.2) is 27.3 Å². The Balaban J connectivity index is 3.09. The van der Waals surface area contributed by atoms with Gasteiger partial charge in [0.25, 0.3) is 0 Å². The van der Waals surface area contributed by atoms with Gasteiger partial charge in [-0.3, -0.25) is 4.79 Å². The molecule has 0 saturated carbocycles. The normalized spacial score (nSPS) is 26.4. The summed E-state index contributed by atoms with van der Waals surface area (Å²) < 4.78 is 0. The van der Waals surface area contributed by atoms with Crippen molar-refractivity contribution in [3.8, 4) is 0 Å². The first kappa shape index (κ1) is 10.3. The zero-order chi connectivity index (χ0) is 10.9. The van der Waals surface area contributed by atoms with Crippen molar-refractivity contribution in [2.24, 2.45) is 5.41 Å². The molecule has 0 heterocycles. The highest BCUT2D eigenvalue weighted by Crippen LogP contribution is 2.36. The fourth-order valence-corrected chi connectivity index (χ4v) is 1.23. The Bertz CT molecular complexity index is 352. The molecule has 3 N–H and O–H groups in total. The van der Waals surface area contributed by atoms with Crippen molar-refractivity contribution in [2.75, 3.05) is 0 Å². The molecule has 0 spiro atoms. The van der Waals surface area contributed by atoms with Gasteiger partial charge >= 0.3 is 11.9 Å². The smallest absolute Gasteiger partial charge is 0.331 e. The lowest BCUT2D eigenvalue weighted by Crippen LogP contribution is -2.33. The summed E-state index contributed by atoms with van der Waals surface area (Å²) in [6.45, 7) is 1.29. The summed E-state index contributed by atoms with van der Waals surface area (Å²) in [5.41, 5.74) is -1.55. The minimum absolute atomic E-state index is 0.0206. The second kappa shape index (κ2) is 3.17. The number of rotatable bonds is 2. The largest absolute Gasteiger partial charge is 0.511 e. The Hall–Kier alpha value is -1.78. The van der Waals surface area contributed by atoms with Crippen LogP contribution in [0, 0.1) is 5.41 Å². The van der Waals surface area contributed by atoms with Gasteiger partial charge in [0.2, 0.25) is 0 Å². The minimum Gasteiger partial charge on any atom is -0.511 e. The first-order valence-electron chi connectivity index (χ1n) is 3.95. The molecule has 1 aliphatic rings. The Labute approximate surface area is 80.0 Å². The number of hydrogen-bond acceptors (Lipinski definition) is 3. The molecule has 0 radical (unpaired) electrons. The highest BCUT2D eigenvalue weighted by Gasteiger charge is 2.41. The van der Waals surface area contributed by atoms with Crippen LogP contribution < -0.4 is 0 Å². The molecule has 0 aromatic carbocycles. The van der Waals surface area contributed by atoms with E-state index in [9.17, 15) is 14.7 Å². The van der Waals surface area contributed by atoms with Crippen LogP contribution in [0.25, 0.3) is 0 Å². The van der Waals surface area contributed by atoms with Gasteiger partial charge in [-0.25, -0.2) is 4.79 Å². The molecule has 0 aromatic rings. The molecule has 1 atom stereocenters. The molecule has 0 unspecified atom stereocenters. The van der Waals surface area contributed by atoms with Crippen LogP contribution in [0.3, 0.4) is 0 Å². The zero-order valence-electron chi connectivity index (χ0n) is 7.52. The average molecular weight is 198 g/mol. The van der Waals surface area contributed by atoms with Crippen LogP contribution in [0.15, 0.2) is 23.5 Å². The predicted molar refractivity (Wildman–Crippen MR) is 46.8 cm³/mol. The SMILES string of the molecule is C[C@]1(C(=O)O)CC(C(=O)O)=CC=C1O. The van der Waals surface area contributed by atoms with E-state index in [-0.39, 0.29) is 17.8 Å². The molecular formula is C9H10O5. The summed E-state index contributed by atoms with van der Waals surface area (Å²) in [4.78, 5) is 21.4. The van der Waals surface area contributed by atoms with E-state index in [4.69, 9.17) is 10.2 Å². The summed E-state index contributed by atoms with van der Waals surface area (Å²) in [6.07, 6.45) is 2.11. The van der Waals surface area contributed by atoms with E-state index in [0.717, 1.165) is 6.08 Å². The highest BCUT2D eigenvalue weighted by atomic mass is 16.4. The van der Waals surface area contributed by atoms with Crippen LogP contribution >= 0.6 is 0 Å². The fourth-order valence-electron chi connectivity index (χ4n) is 1.23. The zero-order valence-corrected chi connectivity index (χ0v) is 7.52. The quantitative estimate of drug-likeness (QED) is 0.613. The third-order valence-electron chi connectivity index (χ3n) is 2.30. The van der Waals surface area contributed by atoms with E-state index in [2.05, 4.69) is 0 Å². The summed E-state index contributed by atoms with van der Waals surface area (Å²) in [5.74, 6) is -2.73. The van der Waals surface area contributed by atoms with Gasteiger partial charge in [-0.2, -0.15) is 0 Å². The number of carbonyl (C=O) groups is 2. The van der Waals surface area contributed by atoms with Crippen molar-refractivity contribution in [1.29, 1.82) is 0 Å². The standard InChI is InChI=1S/C9H10O5/c1-9(8(13)14)4-5(7(11)12)2-3-6(9)10/h2-3,10H,4H2,1H3,(H,11,12)(H,13,14)/t9-/m0/s1. The van der Waals surface area contributed by atoms with Crippen LogP contribution in [-0.2, 0) is 9.59 Å². The fraction of sp³-hybridized carbons (Fsp3) is 0.333. The molecule has 76 valence electrons. The third-order valence-corrected chi connectivity index (χ3v) is 2.30. The molecule has 0 fully saturated rings. The Morgan fingerprint density at radius 1 is 1.36 bits per heavy atom. The summed E-state index contributed by atoms with van der Waals surface area (Å²) in [5, 5.41) is 26.9. The van der Waals surface area contributed by atoms with Crippen molar-refractivity contribution in [3.05, 3.63) is 23.5 Å². The van der Waals surface area contributed by atoms with Crippen LogP contribution in [0.1, 0.15) is 13.3 Å². The van der Waals surface area contributed by atoms with Gasteiger partial charge in [-0.05, 0) is 19.1 Å². The number of carboxylic acids is 2. The van der Waals surface area contributed by atoms with Crippen molar-refractivity contribution in [1.82, 2.24) is 0 Å². The predicted octanol–water partition coefficient (Wildman–Crippen LogP) is 0.934. The lowest BCUT2D eigenvalue weighted by Gasteiger charge is -2.26. The maximum atomic E-state index is 10.8. The van der Waals surface area contributed by atoms with Crippen molar-refractivity contribution in [2.45, 2.75) is 13.3 Å². The van der Waals surface area contributed by atoms with Crippen LogP contribution in [0.5, 0.6) is 0 Å². The maximum Gasteiger partial charge on any atom is 0.331 e. The van der Waals surface area contributed by atoms with Crippen molar-refractivity contribution < 1.29 is 24.9 Å². The Morgan fingerprint density at radius 3 is 2.36 bits per heavy atom. The number of aliphatic carboxylic acids is 2. The van der Waals surface area contributed by atoms with E-state index in [1.807, 2.05) is 0 Å². The van der Waals surface area contributed by atoms with Gasteiger partial charge in [0, 0.05) is 12.0 Å². The topological polar surface area (TPSA) is 94.8 Å². The number of allylic oxidation sites excluding steroid dienone is 2. The van der Waals surface area contributed by atoms with E-state index < -0.39 is 17.4 Å². The van der Waals surface area contributed by atoms with Crippen LogP contribution in [0.2, 0.25) is 0 Å². The van der Waals surface area contributed by atoms with E-state index >= 15 is 0 Å². The molecule has 1 rings (SSSR count). The first-order valence-corrected chi connectivity index (χ1v) is 3.95. The van der Waals surface area contributed by atoms with E-state index in [1.54, 1.807) is 0 Å². The van der Waals surface area contributed by atoms with Gasteiger partial charge in [0.05, 0.1) is 0 Å². The molecule has 0 aromatic heterocycles. The second-order valence-electron chi connectivity index (χ2n) is 3.36. The Morgan fingerprint density at radius 2 is 1.93 bits per heavy atom. The Kier molecular flexibility index (Phi) is 2.33. The average Bonchev–Trinajstić information content (AvgIpc) is 2.09. The number of hydrogen-bond donors (Lipinski definition) is 3. The third kappa shape index (κ3) is 1.48. The van der Waals surface area contributed by atoms with Crippen LogP contribution in [0.4, 0.5) is 0 Å². The molecule has 1 aliphatic carbocycles. The summed E-state index contributed by atoms with van der Waals surface area (Å²) in [6, 6.07) is 0. The summed E-state index contributed by atoms with van der Waals surface area (Å²) in [7, 11) is 0. The minimum atomic E-state index is -1.53. The summed E-state index contributed by atoms with van der Waals surface area (Å²) >= 11 is 0. The molecule has 0 aliphatic heterocycles.